The molecule has 0 unspecified atom stereocenters. The number of rotatable bonds is 12. The third-order valence-corrected chi connectivity index (χ3v) is 8.66. The number of carbonyl (C=O) groups is 1. The Morgan fingerprint density at radius 3 is 2.46 bits per heavy atom. The number of methoxy groups -OCH3 is 1. The Labute approximate surface area is 222 Å². The van der Waals surface area contributed by atoms with Gasteiger partial charge in [0.05, 0.1) is 12.7 Å². The van der Waals surface area contributed by atoms with Crippen LogP contribution in [-0.2, 0) is 16.0 Å². The van der Waals surface area contributed by atoms with E-state index < -0.39 is 0 Å². The highest BCUT2D eigenvalue weighted by Crippen LogP contribution is 2.32. The summed E-state index contributed by atoms with van der Waals surface area (Å²) in [5, 5.41) is 0. The predicted octanol–water partition coefficient (Wildman–Crippen LogP) is 6.32. The largest absolute Gasteiger partial charge is 0.491 e. The number of ether oxygens (including phenoxy) is 2. The van der Waals surface area contributed by atoms with Crippen LogP contribution in [0.1, 0.15) is 77.7 Å². The lowest BCUT2D eigenvalue weighted by Crippen LogP contribution is -2.43. The minimum absolute atomic E-state index is 0.192. The Bertz CT molecular complexity index is 771. The van der Waals surface area contributed by atoms with E-state index in [1.54, 1.807) is 14.0 Å². The van der Waals surface area contributed by atoms with Crippen LogP contribution in [-0.4, -0.2) is 67.7 Å². The van der Waals surface area contributed by atoms with E-state index in [1.165, 1.54) is 68.2 Å². The first-order valence-corrected chi connectivity index (χ1v) is 14.6. The molecular weight excluding hydrogens is 504 g/mol. The molecule has 0 aromatic heterocycles. The molecule has 0 radical (unpaired) electrons. The number of nitrogens with zero attached hydrogens (tertiary/aromatic N) is 2. The molecule has 0 spiro atoms. The molecule has 0 atom stereocenters. The lowest BCUT2D eigenvalue weighted by Gasteiger charge is -2.37. The van der Waals surface area contributed by atoms with Gasteiger partial charge >= 0.3 is 0 Å². The van der Waals surface area contributed by atoms with Crippen LogP contribution in [0.2, 0.25) is 0 Å². The summed E-state index contributed by atoms with van der Waals surface area (Å²) in [6.45, 7) is 10.9. The SMILES string of the molecule is COCCN(C(C)=O)[C@H]1CC[C@H](CCCN2CCC(Cc3cc(OC(C)C)ccc3Br)CC2)CC1. The summed E-state index contributed by atoms with van der Waals surface area (Å²) >= 11 is 3.75. The average Bonchev–Trinajstić information content (AvgIpc) is 2.83. The van der Waals surface area contributed by atoms with Crippen molar-refractivity contribution in [3.63, 3.8) is 0 Å². The van der Waals surface area contributed by atoms with Gasteiger partial charge in [-0.2, -0.15) is 0 Å². The van der Waals surface area contributed by atoms with Gasteiger partial charge in [0, 0.05) is 31.1 Å². The Kier molecular flexibility index (Phi) is 11.9. The zero-order valence-electron chi connectivity index (χ0n) is 22.4. The molecule has 1 aliphatic heterocycles. The lowest BCUT2D eigenvalue weighted by atomic mass is 9.82. The summed E-state index contributed by atoms with van der Waals surface area (Å²) in [7, 11) is 1.71. The first kappa shape index (κ1) is 28.5. The molecule has 1 aliphatic carbocycles. The van der Waals surface area contributed by atoms with Gasteiger partial charge in [-0.1, -0.05) is 15.9 Å². The molecule has 3 rings (SSSR count). The standard InChI is InChI=1S/C29H47BrN2O3/c1-22(2)35-28-11-12-29(30)26(21-28)20-25-13-16-31(17-14-25)15-5-6-24-7-9-27(10-8-24)32(23(3)33)18-19-34-4/h11-12,21-22,24-25,27H,5-10,13-20H2,1-4H3/t24-,27-. The molecule has 35 heavy (non-hydrogen) atoms. The molecule has 1 amide bonds. The molecule has 1 saturated carbocycles. The monoisotopic (exact) mass is 550 g/mol. The number of benzene rings is 1. The molecule has 198 valence electrons. The molecule has 5 nitrogen and oxygen atoms in total. The Hall–Kier alpha value is -1.11. The van der Waals surface area contributed by atoms with Crippen molar-refractivity contribution >= 4 is 21.8 Å². The highest BCUT2D eigenvalue weighted by Gasteiger charge is 2.27. The Morgan fingerprint density at radius 2 is 1.83 bits per heavy atom. The molecule has 0 bridgehead atoms. The van der Waals surface area contributed by atoms with Crippen LogP contribution < -0.4 is 4.74 Å². The van der Waals surface area contributed by atoms with Gasteiger partial charge in [0.15, 0.2) is 0 Å². The number of likely N-dealkylation sites (tertiary alicyclic amines) is 1. The van der Waals surface area contributed by atoms with Gasteiger partial charge < -0.3 is 19.3 Å². The maximum atomic E-state index is 12.0. The second-order valence-corrected chi connectivity index (χ2v) is 11.8. The fourth-order valence-corrected chi connectivity index (χ4v) is 6.32. The van der Waals surface area contributed by atoms with Crippen LogP contribution in [0, 0.1) is 11.8 Å². The molecule has 1 aromatic rings. The minimum Gasteiger partial charge on any atom is -0.491 e. The third kappa shape index (κ3) is 9.36. The summed E-state index contributed by atoms with van der Waals surface area (Å²) in [6, 6.07) is 6.82. The Morgan fingerprint density at radius 1 is 1.11 bits per heavy atom. The number of hydrogen-bond acceptors (Lipinski definition) is 4. The lowest BCUT2D eigenvalue weighted by molar-refractivity contribution is -0.132. The van der Waals surface area contributed by atoms with Gasteiger partial charge in [-0.05, 0) is 127 Å². The molecule has 1 aromatic carbocycles. The van der Waals surface area contributed by atoms with Crippen LogP contribution in [0.5, 0.6) is 5.75 Å². The highest BCUT2D eigenvalue weighted by atomic mass is 79.9. The topological polar surface area (TPSA) is 42.0 Å². The van der Waals surface area contributed by atoms with Crippen molar-refractivity contribution in [1.29, 1.82) is 0 Å². The first-order valence-electron chi connectivity index (χ1n) is 13.8. The van der Waals surface area contributed by atoms with Crippen molar-refractivity contribution in [3.8, 4) is 5.75 Å². The number of halogens is 1. The van der Waals surface area contributed by atoms with Gasteiger partial charge in [0.25, 0.3) is 0 Å². The average molecular weight is 552 g/mol. The van der Waals surface area contributed by atoms with Crippen LogP contribution in [0.3, 0.4) is 0 Å². The van der Waals surface area contributed by atoms with E-state index in [4.69, 9.17) is 9.47 Å². The maximum Gasteiger partial charge on any atom is 0.219 e. The fraction of sp³-hybridized carbons (Fsp3) is 0.759. The van der Waals surface area contributed by atoms with Crippen molar-refractivity contribution in [2.45, 2.75) is 90.7 Å². The second kappa shape index (κ2) is 14.6. The van der Waals surface area contributed by atoms with E-state index in [0.29, 0.717) is 12.6 Å². The van der Waals surface area contributed by atoms with Crippen molar-refractivity contribution in [3.05, 3.63) is 28.2 Å². The zero-order chi connectivity index (χ0) is 25.2. The van der Waals surface area contributed by atoms with Gasteiger partial charge in [0.2, 0.25) is 5.91 Å². The maximum absolute atomic E-state index is 12.0. The quantitative estimate of drug-likeness (QED) is 0.305. The predicted molar refractivity (Wildman–Crippen MR) is 147 cm³/mol. The van der Waals surface area contributed by atoms with Crippen LogP contribution >= 0.6 is 15.9 Å². The molecular formula is C29H47BrN2O3. The number of carbonyl (C=O) groups excluding carboxylic acids is 1. The van der Waals surface area contributed by atoms with E-state index >= 15 is 0 Å². The molecule has 6 heteroatoms. The smallest absolute Gasteiger partial charge is 0.219 e. The van der Waals surface area contributed by atoms with Crippen LogP contribution in [0.4, 0.5) is 0 Å². The molecule has 0 N–H and O–H groups in total. The number of amides is 1. The zero-order valence-corrected chi connectivity index (χ0v) is 24.0. The van der Waals surface area contributed by atoms with Crippen LogP contribution in [0.15, 0.2) is 22.7 Å². The summed E-state index contributed by atoms with van der Waals surface area (Å²) in [6.07, 6.45) is 11.4. The van der Waals surface area contributed by atoms with Crippen LogP contribution in [0.25, 0.3) is 0 Å². The highest BCUT2D eigenvalue weighted by molar-refractivity contribution is 9.10. The van der Waals surface area contributed by atoms with E-state index in [-0.39, 0.29) is 12.0 Å². The molecule has 1 heterocycles. The van der Waals surface area contributed by atoms with Crippen molar-refractivity contribution in [2.75, 3.05) is 39.9 Å². The summed E-state index contributed by atoms with van der Waals surface area (Å²) in [5.74, 6) is 2.76. The normalized spacial score (nSPS) is 21.9. The van der Waals surface area contributed by atoms with E-state index in [9.17, 15) is 4.79 Å². The fourth-order valence-electron chi connectivity index (χ4n) is 5.91. The van der Waals surface area contributed by atoms with Gasteiger partial charge in [0.1, 0.15) is 5.75 Å². The van der Waals surface area contributed by atoms with Crippen molar-refractivity contribution < 1.29 is 14.3 Å². The third-order valence-electron chi connectivity index (χ3n) is 7.89. The van der Waals surface area contributed by atoms with Gasteiger partial charge in [-0.3, -0.25) is 4.79 Å². The summed E-state index contributed by atoms with van der Waals surface area (Å²) in [4.78, 5) is 16.7. The van der Waals surface area contributed by atoms with Gasteiger partial charge in [-0.25, -0.2) is 0 Å². The number of piperidine rings is 1. The minimum atomic E-state index is 0.192. The molecule has 1 saturated heterocycles. The molecule has 2 aliphatic rings. The van der Waals surface area contributed by atoms with E-state index in [0.717, 1.165) is 43.4 Å². The van der Waals surface area contributed by atoms with Crippen molar-refractivity contribution in [1.82, 2.24) is 9.80 Å². The Balaban J connectivity index is 1.33. The van der Waals surface area contributed by atoms with E-state index in [1.807, 2.05) is 4.90 Å². The van der Waals surface area contributed by atoms with Crippen molar-refractivity contribution in [2.24, 2.45) is 11.8 Å². The number of hydrogen-bond donors (Lipinski definition) is 0. The molecule has 2 fully saturated rings. The van der Waals surface area contributed by atoms with E-state index in [2.05, 4.69) is 52.9 Å². The second-order valence-electron chi connectivity index (χ2n) is 10.9. The summed E-state index contributed by atoms with van der Waals surface area (Å²) < 4.78 is 12.3. The first-order chi connectivity index (χ1) is 16.9. The summed E-state index contributed by atoms with van der Waals surface area (Å²) in [5.41, 5.74) is 1.38. The van der Waals surface area contributed by atoms with Gasteiger partial charge in [-0.15, -0.1) is 0 Å².